The highest BCUT2D eigenvalue weighted by molar-refractivity contribution is 5.75. The van der Waals surface area contributed by atoms with Crippen LogP contribution in [0.4, 0.5) is 18.9 Å². The number of halogens is 3. The van der Waals surface area contributed by atoms with Crippen molar-refractivity contribution >= 4 is 5.69 Å². The van der Waals surface area contributed by atoms with Crippen LogP contribution in [0.1, 0.15) is 5.56 Å². The van der Waals surface area contributed by atoms with E-state index in [1.54, 1.807) is 0 Å². The molecule has 0 saturated heterocycles. The molecule has 0 aliphatic carbocycles. The van der Waals surface area contributed by atoms with Gasteiger partial charge in [-0.3, -0.25) is 10.1 Å². The van der Waals surface area contributed by atoms with E-state index in [1.807, 2.05) is 0 Å². The number of nitrogens with zero attached hydrogens (tertiary/aromatic N) is 1. The number of nitro benzene ring substituents is 1. The Morgan fingerprint density at radius 1 is 1.10 bits per heavy atom. The first-order valence-electron chi connectivity index (χ1n) is 5.44. The Kier molecular flexibility index (Phi) is 3.35. The molecule has 0 aromatic heterocycles. The molecule has 0 aliphatic rings. The molecule has 0 atom stereocenters. The van der Waals surface area contributed by atoms with E-state index in [-0.39, 0.29) is 11.3 Å². The molecule has 4 nitrogen and oxygen atoms in total. The highest BCUT2D eigenvalue weighted by Gasteiger charge is 2.35. The summed E-state index contributed by atoms with van der Waals surface area (Å²) in [7, 11) is 0. The SMILES string of the molecule is O=[N+]([O-])c1cccc(-c2c(O)cccc2C(F)(F)F)c1. The number of hydrogen-bond donors (Lipinski definition) is 1. The third kappa shape index (κ3) is 2.56. The summed E-state index contributed by atoms with van der Waals surface area (Å²) >= 11 is 0. The van der Waals surface area contributed by atoms with E-state index in [0.717, 1.165) is 30.3 Å². The fraction of sp³-hybridized carbons (Fsp3) is 0.0769. The maximum absolute atomic E-state index is 12.9. The normalized spacial score (nSPS) is 11.3. The van der Waals surface area contributed by atoms with Crippen molar-refractivity contribution in [2.24, 2.45) is 0 Å². The minimum absolute atomic E-state index is 0.0652. The molecule has 0 aliphatic heterocycles. The Hall–Kier alpha value is -2.57. The van der Waals surface area contributed by atoms with Gasteiger partial charge in [-0.25, -0.2) is 0 Å². The molecule has 0 spiro atoms. The highest BCUT2D eigenvalue weighted by Crippen LogP contribution is 2.42. The maximum atomic E-state index is 12.9. The van der Waals surface area contributed by atoms with Crippen molar-refractivity contribution in [3.05, 3.63) is 58.1 Å². The van der Waals surface area contributed by atoms with Gasteiger partial charge >= 0.3 is 6.18 Å². The molecule has 104 valence electrons. The lowest BCUT2D eigenvalue weighted by Gasteiger charge is -2.14. The molecular formula is C13H8F3NO3. The van der Waals surface area contributed by atoms with Crippen molar-refractivity contribution in [1.29, 1.82) is 0 Å². The monoisotopic (exact) mass is 283 g/mol. The van der Waals surface area contributed by atoms with E-state index >= 15 is 0 Å². The van der Waals surface area contributed by atoms with Crippen LogP contribution in [0.2, 0.25) is 0 Å². The standard InChI is InChI=1S/C13H8F3NO3/c14-13(15,16)10-5-2-6-11(18)12(10)8-3-1-4-9(7-8)17(19)20/h1-7,18H. The minimum atomic E-state index is -4.67. The Balaban J connectivity index is 2.69. The zero-order chi connectivity index (χ0) is 14.9. The van der Waals surface area contributed by atoms with Crippen LogP contribution in [0, 0.1) is 10.1 Å². The predicted molar refractivity (Wildman–Crippen MR) is 65.2 cm³/mol. The number of non-ortho nitro benzene ring substituents is 1. The van der Waals surface area contributed by atoms with Crippen molar-refractivity contribution < 1.29 is 23.2 Å². The van der Waals surface area contributed by atoms with Crippen molar-refractivity contribution in [3.8, 4) is 16.9 Å². The zero-order valence-electron chi connectivity index (χ0n) is 9.89. The number of phenols is 1. The molecule has 2 rings (SSSR count). The van der Waals surface area contributed by atoms with E-state index in [2.05, 4.69) is 0 Å². The molecule has 0 bridgehead atoms. The topological polar surface area (TPSA) is 63.4 Å². The van der Waals surface area contributed by atoms with Gasteiger partial charge in [0, 0.05) is 17.7 Å². The van der Waals surface area contributed by atoms with Crippen LogP contribution < -0.4 is 0 Å². The Bertz CT molecular complexity index is 668. The number of rotatable bonds is 2. The second kappa shape index (κ2) is 4.84. The first-order chi connectivity index (χ1) is 9.30. The van der Waals surface area contributed by atoms with Gasteiger partial charge in [-0.1, -0.05) is 18.2 Å². The van der Waals surface area contributed by atoms with Gasteiger partial charge in [0.25, 0.3) is 5.69 Å². The molecular weight excluding hydrogens is 275 g/mol. The third-order valence-corrected chi connectivity index (χ3v) is 2.69. The number of nitro groups is 1. The first kappa shape index (κ1) is 13.9. The van der Waals surface area contributed by atoms with Gasteiger partial charge in [-0.05, 0) is 17.7 Å². The van der Waals surface area contributed by atoms with E-state index in [1.165, 1.54) is 12.1 Å². The lowest BCUT2D eigenvalue weighted by atomic mass is 9.98. The molecule has 1 N–H and O–H groups in total. The smallest absolute Gasteiger partial charge is 0.417 e. The summed E-state index contributed by atoms with van der Waals surface area (Å²) in [6.45, 7) is 0. The summed E-state index contributed by atoms with van der Waals surface area (Å²) in [5.74, 6) is -0.583. The fourth-order valence-corrected chi connectivity index (χ4v) is 1.85. The molecule has 0 unspecified atom stereocenters. The van der Waals surface area contributed by atoms with Crippen molar-refractivity contribution in [3.63, 3.8) is 0 Å². The summed E-state index contributed by atoms with van der Waals surface area (Å²) in [6, 6.07) is 7.68. The molecule has 0 amide bonds. The van der Waals surface area contributed by atoms with Crippen LogP contribution in [0.5, 0.6) is 5.75 Å². The summed E-state index contributed by atoms with van der Waals surface area (Å²) < 4.78 is 38.8. The van der Waals surface area contributed by atoms with E-state index in [4.69, 9.17) is 0 Å². The molecule has 0 fully saturated rings. The second-order valence-corrected chi connectivity index (χ2v) is 4.00. The molecule has 2 aromatic rings. The molecule has 0 radical (unpaired) electrons. The predicted octanol–water partition coefficient (Wildman–Crippen LogP) is 3.99. The van der Waals surface area contributed by atoms with E-state index in [9.17, 15) is 28.4 Å². The summed E-state index contributed by atoms with van der Waals surface area (Å²) in [5, 5.41) is 20.3. The van der Waals surface area contributed by atoms with Gasteiger partial charge in [0.1, 0.15) is 5.75 Å². The number of hydrogen-bond acceptors (Lipinski definition) is 3. The van der Waals surface area contributed by atoms with Crippen LogP contribution in [0.15, 0.2) is 42.5 Å². The van der Waals surface area contributed by atoms with Gasteiger partial charge in [0.05, 0.1) is 10.5 Å². The largest absolute Gasteiger partial charge is 0.507 e. The zero-order valence-corrected chi connectivity index (χ0v) is 9.89. The second-order valence-electron chi connectivity index (χ2n) is 4.00. The molecule has 0 heterocycles. The third-order valence-electron chi connectivity index (χ3n) is 2.69. The average molecular weight is 283 g/mol. The number of benzene rings is 2. The van der Waals surface area contributed by atoms with Gasteiger partial charge in [0.15, 0.2) is 0 Å². The fourth-order valence-electron chi connectivity index (χ4n) is 1.85. The van der Waals surface area contributed by atoms with Crippen LogP contribution in [-0.2, 0) is 6.18 Å². The van der Waals surface area contributed by atoms with Gasteiger partial charge < -0.3 is 5.11 Å². The van der Waals surface area contributed by atoms with E-state index < -0.39 is 28.0 Å². The van der Waals surface area contributed by atoms with Crippen LogP contribution in [0.3, 0.4) is 0 Å². The molecule has 0 saturated carbocycles. The molecule has 20 heavy (non-hydrogen) atoms. The average Bonchev–Trinajstić information content (AvgIpc) is 2.37. The van der Waals surface area contributed by atoms with Crippen molar-refractivity contribution in [2.75, 3.05) is 0 Å². The summed E-state index contributed by atoms with van der Waals surface area (Å²) in [4.78, 5) is 9.96. The summed E-state index contributed by atoms with van der Waals surface area (Å²) in [5.41, 5.74) is -1.93. The molecule has 7 heteroatoms. The van der Waals surface area contributed by atoms with Gasteiger partial charge in [-0.2, -0.15) is 13.2 Å². The lowest BCUT2D eigenvalue weighted by Crippen LogP contribution is -2.07. The summed E-state index contributed by atoms with van der Waals surface area (Å²) in [6.07, 6.45) is -4.67. The maximum Gasteiger partial charge on any atom is 0.417 e. The van der Waals surface area contributed by atoms with Crippen LogP contribution in [0.25, 0.3) is 11.1 Å². The Morgan fingerprint density at radius 2 is 1.75 bits per heavy atom. The number of aromatic hydroxyl groups is 1. The Morgan fingerprint density at radius 3 is 2.35 bits per heavy atom. The number of alkyl halides is 3. The minimum Gasteiger partial charge on any atom is -0.507 e. The van der Waals surface area contributed by atoms with Crippen molar-refractivity contribution in [1.82, 2.24) is 0 Å². The van der Waals surface area contributed by atoms with E-state index in [0.29, 0.717) is 0 Å². The highest BCUT2D eigenvalue weighted by atomic mass is 19.4. The van der Waals surface area contributed by atoms with Gasteiger partial charge in [-0.15, -0.1) is 0 Å². The van der Waals surface area contributed by atoms with Crippen LogP contribution >= 0.6 is 0 Å². The lowest BCUT2D eigenvalue weighted by molar-refractivity contribution is -0.384. The Labute approximate surface area is 111 Å². The first-order valence-corrected chi connectivity index (χ1v) is 5.44. The molecule has 2 aromatic carbocycles. The van der Waals surface area contributed by atoms with Gasteiger partial charge in [0.2, 0.25) is 0 Å². The van der Waals surface area contributed by atoms with Crippen molar-refractivity contribution in [2.45, 2.75) is 6.18 Å². The number of phenolic OH excluding ortho intramolecular Hbond substituents is 1. The van der Waals surface area contributed by atoms with Crippen LogP contribution in [-0.4, -0.2) is 10.0 Å². The quantitative estimate of drug-likeness (QED) is 0.669.